The van der Waals surface area contributed by atoms with Crippen LogP contribution >= 0.6 is 0 Å². The van der Waals surface area contributed by atoms with Crippen molar-refractivity contribution in [1.29, 1.82) is 0 Å². The Balaban J connectivity index is 3.03. The van der Waals surface area contributed by atoms with Crippen LogP contribution in [0.3, 0.4) is 0 Å². The van der Waals surface area contributed by atoms with Gasteiger partial charge in [-0.25, -0.2) is 0 Å². The van der Waals surface area contributed by atoms with Gasteiger partial charge in [-0.3, -0.25) is 0 Å². The van der Waals surface area contributed by atoms with Gasteiger partial charge in [-0.1, -0.05) is 37.1 Å². The van der Waals surface area contributed by atoms with Crippen molar-refractivity contribution in [3.63, 3.8) is 0 Å². The van der Waals surface area contributed by atoms with Gasteiger partial charge in [0.15, 0.2) is 0 Å². The Morgan fingerprint density at radius 3 is 2.23 bits per heavy atom. The molecule has 0 amide bonds. The summed E-state index contributed by atoms with van der Waals surface area (Å²) in [6, 6.07) is 0. The lowest BCUT2D eigenvalue weighted by Crippen LogP contribution is -1.78. The smallest absolute Gasteiger partial charge is 0.119 e. The summed E-state index contributed by atoms with van der Waals surface area (Å²) in [5, 5.41) is 0. The highest BCUT2D eigenvalue weighted by Crippen LogP contribution is 2.04. The van der Waals surface area contributed by atoms with E-state index in [0.29, 0.717) is 0 Å². The Bertz CT molecular complexity index is 157. The second-order valence-corrected chi connectivity index (χ2v) is 3.11. The summed E-state index contributed by atoms with van der Waals surface area (Å²) in [5.41, 5.74) is 0. The molecule has 0 aliphatic heterocycles. The van der Waals surface area contributed by atoms with Gasteiger partial charge >= 0.3 is 0 Å². The van der Waals surface area contributed by atoms with E-state index in [1.165, 1.54) is 19.3 Å². The van der Waals surface area contributed by atoms with Crippen molar-refractivity contribution in [2.45, 2.75) is 45.4 Å². The van der Waals surface area contributed by atoms with E-state index in [2.05, 4.69) is 12.2 Å². The van der Waals surface area contributed by atoms with E-state index in [9.17, 15) is 4.79 Å². The monoisotopic (exact) mass is 180 g/mol. The van der Waals surface area contributed by atoms with Crippen LogP contribution in [0.15, 0.2) is 24.3 Å². The quantitative estimate of drug-likeness (QED) is 0.316. The first-order valence-corrected chi connectivity index (χ1v) is 5.13. The molecular weight excluding hydrogens is 160 g/mol. The molecule has 1 nitrogen and oxygen atoms in total. The number of allylic oxidation sites excluding steroid dienone is 4. The van der Waals surface area contributed by atoms with Crippen molar-refractivity contribution in [3.05, 3.63) is 24.3 Å². The summed E-state index contributed by atoms with van der Waals surface area (Å²) in [7, 11) is 0. The van der Waals surface area contributed by atoms with Gasteiger partial charge in [0.1, 0.15) is 6.29 Å². The van der Waals surface area contributed by atoms with Gasteiger partial charge in [0.2, 0.25) is 0 Å². The zero-order chi connectivity index (χ0) is 9.78. The van der Waals surface area contributed by atoms with Gasteiger partial charge in [-0.15, -0.1) is 0 Å². The summed E-state index contributed by atoms with van der Waals surface area (Å²) in [6.45, 7) is 2.02. The van der Waals surface area contributed by atoms with Crippen molar-refractivity contribution >= 4 is 6.29 Å². The molecule has 0 N–H and O–H groups in total. The summed E-state index contributed by atoms with van der Waals surface area (Å²) in [4.78, 5) is 9.99. The van der Waals surface area contributed by atoms with E-state index in [0.717, 1.165) is 25.5 Å². The van der Waals surface area contributed by atoms with Gasteiger partial charge in [-0.2, -0.15) is 0 Å². The average molecular weight is 180 g/mol. The fourth-order valence-corrected chi connectivity index (χ4v) is 1.13. The Morgan fingerprint density at radius 1 is 0.923 bits per heavy atom. The van der Waals surface area contributed by atoms with Crippen LogP contribution in [0.5, 0.6) is 0 Å². The molecule has 0 aromatic heterocycles. The van der Waals surface area contributed by atoms with Gasteiger partial charge in [0, 0.05) is 6.42 Å². The summed E-state index contributed by atoms with van der Waals surface area (Å²) >= 11 is 0. The molecule has 74 valence electrons. The molecule has 13 heavy (non-hydrogen) atoms. The van der Waals surface area contributed by atoms with E-state index in [1.807, 2.05) is 19.1 Å². The molecule has 0 bridgehead atoms. The fraction of sp³-hybridized carbons (Fsp3) is 0.583. The van der Waals surface area contributed by atoms with Crippen LogP contribution < -0.4 is 0 Å². The van der Waals surface area contributed by atoms with Crippen molar-refractivity contribution in [1.82, 2.24) is 0 Å². The van der Waals surface area contributed by atoms with Crippen LogP contribution in [0.2, 0.25) is 0 Å². The summed E-state index contributed by atoms with van der Waals surface area (Å²) in [5.74, 6) is 0. The third-order valence-corrected chi connectivity index (χ3v) is 1.88. The van der Waals surface area contributed by atoms with Crippen molar-refractivity contribution in [2.24, 2.45) is 0 Å². The van der Waals surface area contributed by atoms with E-state index < -0.39 is 0 Å². The zero-order valence-corrected chi connectivity index (χ0v) is 8.54. The molecule has 0 unspecified atom stereocenters. The maximum Gasteiger partial charge on any atom is 0.119 e. The highest BCUT2D eigenvalue weighted by molar-refractivity contribution is 5.48. The van der Waals surface area contributed by atoms with Gasteiger partial charge in [0.05, 0.1) is 0 Å². The van der Waals surface area contributed by atoms with Crippen molar-refractivity contribution in [2.75, 3.05) is 0 Å². The molecular formula is C12H20O. The number of hydrogen-bond acceptors (Lipinski definition) is 1. The van der Waals surface area contributed by atoms with Gasteiger partial charge in [0.25, 0.3) is 0 Å². The maximum absolute atomic E-state index is 9.99. The highest BCUT2D eigenvalue weighted by Gasteiger charge is 1.87. The van der Waals surface area contributed by atoms with Crippen LogP contribution in [-0.2, 0) is 4.79 Å². The summed E-state index contributed by atoms with van der Waals surface area (Å²) < 4.78 is 0. The maximum atomic E-state index is 9.99. The van der Waals surface area contributed by atoms with Gasteiger partial charge < -0.3 is 4.79 Å². The molecule has 0 spiro atoms. The van der Waals surface area contributed by atoms with E-state index in [1.54, 1.807) is 0 Å². The number of carbonyl (C=O) groups is 1. The van der Waals surface area contributed by atoms with Crippen molar-refractivity contribution < 1.29 is 4.79 Å². The number of aldehydes is 1. The molecule has 0 saturated heterocycles. The first-order chi connectivity index (χ1) is 6.41. The lowest BCUT2D eigenvalue weighted by atomic mass is 10.1. The minimum atomic E-state index is 0.731. The second-order valence-electron chi connectivity index (χ2n) is 3.11. The number of hydrogen-bond donors (Lipinski definition) is 0. The molecule has 1 heteroatoms. The molecule has 0 aromatic carbocycles. The molecule has 0 radical (unpaired) electrons. The number of unbranched alkanes of at least 4 members (excludes halogenated alkanes) is 5. The van der Waals surface area contributed by atoms with Gasteiger partial charge in [-0.05, 0) is 26.2 Å². The van der Waals surface area contributed by atoms with Crippen LogP contribution in [-0.4, -0.2) is 6.29 Å². The summed E-state index contributed by atoms with van der Waals surface area (Å²) in [6.07, 6.45) is 16.0. The second kappa shape index (κ2) is 11.2. The topological polar surface area (TPSA) is 17.1 Å². The molecule has 0 aromatic rings. The Hall–Kier alpha value is -0.850. The molecule has 0 heterocycles. The average Bonchev–Trinajstić information content (AvgIpc) is 2.16. The lowest BCUT2D eigenvalue weighted by molar-refractivity contribution is -0.107. The first kappa shape index (κ1) is 12.2. The van der Waals surface area contributed by atoms with Crippen LogP contribution in [0, 0.1) is 0 Å². The molecule has 0 aliphatic rings. The molecule has 0 fully saturated rings. The number of rotatable bonds is 8. The SMILES string of the molecule is C/C=C/C=C/CCCCCCC=O. The Kier molecular flexibility index (Phi) is 10.4. The largest absolute Gasteiger partial charge is 0.303 e. The lowest BCUT2D eigenvalue weighted by Gasteiger charge is -1.94. The number of carbonyl (C=O) groups excluding carboxylic acids is 1. The molecule has 0 aliphatic carbocycles. The standard InChI is InChI=1S/C12H20O/c1-2-3-4-5-6-7-8-9-10-11-12-13/h2-5,12H,6-11H2,1H3/b3-2+,5-4+. The Labute approximate surface area is 81.5 Å². The van der Waals surface area contributed by atoms with E-state index >= 15 is 0 Å². The zero-order valence-electron chi connectivity index (χ0n) is 8.54. The highest BCUT2D eigenvalue weighted by atomic mass is 16.1. The predicted octanol–water partition coefficient (Wildman–Crippen LogP) is 3.66. The van der Waals surface area contributed by atoms with Crippen LogP contribution in [0.1, 0.15) is 45.4 Å². The fourth-order valence-electron chi connectivity index (χ4n) is 1.13. The van der Waals surface area contributed by atoms with E-state index in [4.69, 9.17) is 0 Å². The third-order valence-electron chi connectivity index (χ3n) is 1.88. The third kappa shape index (κ3) is 11.1. The van der Waals surface area contributed by atoms with Crippen LogP contribution in [0.25, 0.3) is 0 Å². The predicted molar refractivity (Wildman–Crippen MR) is 57.7 cm³/mol. The van der Waals surface area contributed by atoms with Crippen molar-refractivity contribution in [3.8, 4) is 0 Å². The minimum Gasteiger partial charge on any atom is -0.303 e. The van der Waals surface area contributed by atoms with Crippen LogP contribution in [0.4, 0.5) is 0 Å². The Morgan fingerprint density at radius 2 is 1.62 bits per heavy atom. The first-order valence-electron chi connectivity index (χ1n) is 5.13. The molecule has 0 atom stereocenters. The van der Waals surface area contributed by atoms with E-state index in [-0.39, 0.29) is 0 Å². The minimum absolute atomic E-state index is 0.731. The molecule has 0 rings (SSSR count). The molecule has 0 saturated carbocycles. The normalized spacial score (nSPS) is 11.5.